The number of hydrogen-bond acceptors (Lipinski definition) is 4. The molecule has 2 fully saturated rings. The molecule has 3 nitrogen and oxygen atoms in total. The van der Waals surface area contributed by atoms with Gasteiger partial charge in [-0.1, -0.05) is 0 Å². The maximum absolute atomic E-state index is 4.91. The highest BCUT2D eigenvalue weighted by Crippen LogP contribution is 2.32. The van der Waals surface area contributed by atoms with Crippen LogP contribution in [0.4, 0.5) is 0 Å². The summed E-state index contributed by atoms with van der Waals surface area (Å²) in [4.78, 5) is 7.33. The molecule has 1 N–H and O–H groups in total. The number of hydrogen-bond donors (Lipinski definition) is 1. The van der Waals surface area contributed by atoms with Gasteiger partial charge in [0.05, 0.1) is 10.7 Å². The van der Waals surface area contributed by atoms with Gasteiger partial charge in [-0.2, -0.15) is 0 Å². The fraction of sp³-hybridized carbons (Fsp3) is 0.769. The van der Waals surface area contributed by atoms with E-state index in [0.717, 1.165) is 13.1 Å². The van der Waals surface area contributed by atoms with E-state index in [4.69, 9.17) is 4.98 Å². The minimum Gasteiger partial charge on any atom is -0.317 e. The Labute approximate surface area is 107 Å². The molecule has 2 aliphatic heterocycles. The highest BCUT2D eigenvalue weighted by atomic mass is 32.1. The summed E-state index contributed by atoms with van der Waals surface area (Å²) >= 11 is 1.88. The zero-order valence-electron chi connectivity index (χ0n) is 10.5. The van der Waals surface area contributed by atoms with E-state index >= 15 is 0 Å². The number of piperidine rings is 1. The van der Waals surface area contributed by atoms with Crippen LogP contribution in [-0.4, -0.2) is 43.1 Å². The van der Waals surface area contributed by atoms with E-state index in [-0.39, 0.29) is 0 Å². The molecule has 4 heteroatoms. The van der Waals surface area contributed by atoms with Crippen molar-refractivity contribution in [3.8, 4) is 0 Å². The lowest BCUT2D eigenvalue weighted by Crippen LogP contribution is -2.26. The molecule has 17 heavy (non-hydrogen) atoms. The number of nitrogens with one attached hydrogen (secondary N) is 1. The number of aromatic nitrogens is 1. The van der Waals surface area contributed by atoms with Crippen molar-refractivity contribution in [3.05, 3.63) is 16.1 Å². The van der Waals surface area contributed by atoms with Crippen molar-refractivity contribution in [2.45, 2.75) is 31.1 Å². The average molecular weight is 251 g/mol. The SMILES string of the molecule is CN1CCC(c2nc(C3CCNCC3)cs2)C1. The predicted octanol–water partition coefficient (Wildman–Crippen LogP) is 2.03. The Bertz CT molecular complexity index is 351. The van der Waals surface area contributed by atoms with Crippen LogP contribution >= 0.6 is 11.3 Å². The summed E-state index contributed by atoms with van der Waals surface area (Å²) in [6.07, 6.45) is 3.80. The van der Waals surface area contributed by atoms with E-state index in [9.17, 15) is 0 Å². The summed E-state index contributed by atoms with van der Waals surface area (Å²) < 4.78 is 0. The molecule has 0 radical (unpaired) electrons. The number of nitrogens with zero attached hydrogens (tertiary/aromatic N) is 2. The second kappa shape index (κ2) is 5.04. The zero-order chi connectivity index (χ0) is 11.7. The van der Waals surface area contributed by atoms with Crippen molar-refractivity contribution in [3.63, 3.8) is 0 Å². The van der Waals surface area contributed by atoms with Crippen LogP contribution in [0.1, 0.15) is 41.8 Å². The van der Waals surface area contributed by atoms with E-state index in [2.05, 4.69) is 22.6 Å². The largest absolute Gasteiger partial charge is 0.317 e. The number of likely N-dealkylation sites (tertiary alicyclic amines) is 1. The summed E-state index contributed by atoms with van der Waals surface area (Å²) in [6.45, 7) is 4.74. The van der Waals surface area contributed by atoms with Crippen LogP contribution in [0, 0.1) is 0 Å². The van der Waals surface area contributed by atoms with Crippen LogP contribution in [0.2, 0.25) is 0 Å². The first-order valence-electron chi connectivity index (χ1n) is 6.67. The van der Waals surface area contributed by atoms with Crippen molar-refractivity contribution in [1.29, 1.82) is 0 Å². The third-order valence-electron chi connectivity index (χ3n) is 4.04. The van der Waals surface area contributed by atoms with Crippen LogP contribution in [0.5, 0.6) is 0 Å². The lowest BCUT2D eigenvalue weighted by Gasteiger charge is -2.20. The Balaban J connectivity index is 1.69. The van der Waals surface area contributed by atoms with E-state index < -0.39 is 0 Å². The molecule has 3 heterocycles. The Morgan fingerprint density at radius 3 is 2.82 bits per heavy atom. The van der Waals surface area contributed by atoms with Gasteiger partial charge >= 0.3 is 0 Å². The quantitative estimate of drug-likeness (QED) is 0.872. The average Bonchev–Trinajstić information content (AvgIpc) is 2.98. The highest BCUT2D eigenvalue weighted by molar-refractivity contribution is 7.09. The Hall–Kier alpha value is -0.450. The predicted molar refractivity (Wildman–Crippen MR) is 71.8 cm³/mol. The van der Waals surface area contributed by atoms with Gasteiger partial charge in [0.25, 0.3) is 0 Å². The second-order valence-electron chi connectivity index (χ2n) is 5.38. The molecule has 0 amide bonds. The number of likely N-dealkylation sites (N-methyl/N-ethyl adjacent to an activating group) is 1. The minimum atomic E-state index is 0.695. The molecule has 0 saturated carbocycles. The van der Waals surface area contributed by atoms with Crippen molar-refractivity contribution in [2.24, 2.45) is 0 Å². The van der Waals surface area contributed by atoms with Gasteiger partial charge in [-0.15, -0.1) is 11.3 Å². The van der Waals surface area contributed by atoms with Gasteiger partial charge in [-0.25, -0.2) is 4.98 Å². The molecule has 2 saturated heterocycles. The van der Waals surface area contributed by atoms with Gasteiger partial charge < -0.3 is 10.2 Å². The molecule has 3 rings (SSSR count). The third-order valence-corrected chi connectivity index (χ3v) is 5.06. The van der Waals surface area contributed by atoms with Crippen molar-refractivity contribution >= 4 is 11.3 Å². The van der Waals surface area contributed by atoms with Gasteiger partial charge in [-0.3, -0.25) is 0 Å². The Morgan fingerprint density at radius 1 is 1.29 bits per heavy atom. The van der Waals surface area contributed by atoms with E-state index in [1.54, 1.807) is 0 Å². The van der Waals surface area contributed by atoms with Crippen LogP contribution in [0.3, 0.4) is 0 Å². The highest BCUT2D eigenvalue weighted by Gasteiger charge is 2.25. The second-order valence-corrected chi connectivity index (χ2v) is 6.27. The lowest BCUT2D eigenvalue weighted by molar-refractivity contribution is 0.411. The van der Waals surface area contributed by atoms with Gasteiger partial charge in [0.15, 0.2) is 0 Å². The smallest absolute Gasteiger partial charge is 0.0972 e. The van der Waals surface area contributed by atoms with Gasteiger partial charge in [-0.05, 0) is 45.9 Å². The third kappa shape index (κ3) is 2.54. The summed E-state index contributed by atoms with van der Waals surface area (Å²) in [5.41, 5.74) is 1.36. The van der Waals surface area contributed by atoms with E-state index in [1.807, 2.05) is 11.3 Å². The van der Waals surface area contributed by atoms with Gasteiger partial charge in [0.1, 0.15) is 0 Å². The fourth-order valence-electron chi connectivity index (χ4n) is 2.93. The minimum absolute atomic E-state index is 0.695. The van der Waals surface area contributed by atoms with Crippen molar-refractivity contribution in [1.82, 2.24) is 15.2 Å². The topological polar surface area (TPSA) is 28.2 Å². The molecule has 0 spiro atoms. The Kier molecular flexibility index (Phi) is 3.45. The molecule has 0 aliphatic carbocycles. The van der Waals surface area contributed by atoms with Gasteiger partial charge in [0.2, 0.25) is 0 Å². The lowest BCUT2D eigenvalue weighted by atomic mass is 9.95. The molecule has 2 aliphatic rings. The van der Waals surface area contributed by atoms with E-state index in [1.165, 1.54) is 43.1 Å². The molecule has 1 unspecified atom stereocenters. The summed E-state index contributed by atoms with van der Waals surface area (Å²) in [6, 6.07) is 0. The molecule has 94 valence electrons. The van der Waals surface area contributed by atoms with Crippen LogP contribution in [0.15, 0.2) is 5.38 Å². The number of rotatable bonds is 2. The van der Waals surface area contributed by atoms with Crippen molar-refractivity contribution in [2.75, 3.05) is 33.2 Å². The zero-order valence-corrected chi connectivity index (χ0v) is 11.3. The van der Waals surface area contributed by atoms with Gasteiger partial charge in [0, 0.05) is 23.8 Å². The normalized spacial score (nSPS) is 27.7. The molecule has 1 aromatic rings. The molecule has 0 aromatic carbocycles. The molecule has 1 aromatic heterocycles. The molecule has 0 bridgehead atoms. The fourth-order valence-corrected chi connectivity index (χ4v) is 3.96. The molecule has 1 atom stereocenters. The Morgan fingerprint density at radius 2 is 2.12 bits per heavy atom. The monoisotopic (exact) mass is 251 g/mol. The maximum atomic E-state index is 4.91. The summed E-state index contributed by atoms with van der Waals surface area (Å²) in [5, 5.41) is 7.11. The number of thiazole rings is 1. The molecular formula is C13H21N3S. The maximum Gasteiger partial charge on any atom is 0.0972 e. The standard InChI is InChI=1S/C13H21N3S/c1-16-7-4-11(8-16)13-15-12(9-17-13)10-2-5-14-6-3-10/h9-11,14H,2-8H2,1H3. The van der Waals surface area contributed by atoms with Crippen LogP contribution < -0.4 is 5.32 Å². The summed E-state index contributed by atoms with van der Waals surface area (Å²) in [5.74, 6) is 1.40. The first-order chi connectivity index (χ1) is 8.33. The first-order valence-corrected chi connectivity index (χ1v) is 7.55. The first kappa shape index (κ1) is 11.6. The molecular weight excluding hydrogens is 230 g/mol. The van der Waals surface area contributed by atoms with Crippen LogP contribution in [-0.2, 0) is 0 Å². The van der Waals surface area contributed by atoms with Crippen molar-refractivity contribution < 1.29 is 0 Å². The summed E-state index contributed by atoms with van der Waals surface area (Å²) in [7, 11) is 2.21. The van der Waals surface area contributed by atoms with Crippen LogP contribution in [0.25, 0.3) is 0 Å². The van der Waals surface area contributed by atoms with E-state index in [0.29, 0.717) is 11.8 Å².